The predicted octanol–water partition coefficient (Wildman–Crippen LogP) is 1.32. The Hall–Kier alpha value is -1.05. The van der Waals surface area contributed by atoms with Crippen LogP contribution >= 0.6 is 0 Å². The fourth-order valence-corrected chi connectivity index (χ4v) is 0.422. The summed E-state index contributed by atoms with van der Waals surface area (Å²) in [6.07, 6.45) is 9.51. The van der Waals surface area contributed by atoms with Crippen molar-refractivity contribution in [2.75, 3.05) is 21.1 Å². The first kappa shape index (κ1) is 8.95. The van der Waals surface area contributed by atoms with Crippen LogP contribution in [0.2, 0.25) is 0 Å². The summed E-state index contributed by atoms with van der Waals surface area (Å²) in [6.45, 7) is 0. The standard InChI is InChI=1S/C8H14N2/c1-9-7-5-4-6-8-10(2)3/h4-8H,1-3H3/b5-4+,8-6+,9-7?. The summed E-state index contributed by atoms with van der Waals surface area (Å²) in [5.74, 6) is 0. The van der Waals surface area contributed by atoms with Crippen LogP contribution in [0, 0.1) is 0 Å². The van der Waals surface area contributed by atoms with E-state index in [0.717, 1.165) is 0 Å². The fourth-order valence-electron chi connectivity index (χ4n) is 0.422. The maximum atomic E-state index is 3.79. The molecule has 0 saturated carbocycles. The molecule has 0 aromatic carbocycles. The van der Waals surface area contributed by atoms with E-state index in [1.807, 2.05) is 43.4 Å². The Balaban J connectivity index is 3.51. The van der Waals surface area contributed by atoms with Gasteiger partial charge >= 0.3 is 0 Å². The molecular formula is C8H14N2. The van der Waals surface area contributed by atoms with Gasteiger partial charge in [0.15, 0.2) is 0 Å². The van der Waals surface area contributed by atoms with E-state index in [1.165, 1.54) is 0 Å². The van der Waals surface area contributed by atoms with E-state index in [4.69, 9.17) is 0 Å². The Labute approximate surface area is 62.6 Å². The minimum absolute atomic E-state index is 1.75. The average Bonchev–Trinajstić information content (AvgIpc) is 1.87. The summed E-state index contributed by atoms with van der Waals surface area (Å²) in [6, 6.07) is 0. The van der Waals surface area contributed by atoms with Gasteiger partial charge in [0.2, 0.25) is 0 Å². The van der Waals surface area contributed by atoms with Crippen LogP contribution in [-0.2, 0) is 0 Å². The third-order valence-corrected chi connectivity index (χ3v) is 0.842. The predicted molar refractivity (Wildman–Crippen MR) is 46.4 cm³/mol. The quantitative estimate of drug-likeness (QED) is 0.424. The Kier molecular flexibility index (Phi) is 5.44. The van der Waals surface area contributed by atoms with Crippen LogP contribution in [0.3, 0.4) is 0 Å². The average molecular weight is 138 g/mol. The zero-order chi connectivity index (χ0) is 7.82. The lowest BCUT2D eigenvalue weighted by atomic mass is 10.5. The second-order valence-electron chi connectivity index (χ2n) is 2.10. The number of allylic oxidation sites excluding steroid dienone is 3. The van der Waals surface area contributed by atoms with Crippen LogP contribution in [0.4, 0.5) is 0 Å². The van der Waals surface area contributed by atoms with Gasteiger partial charge in [-0.15, -0.1) is 0 Å². The maximum Gasteiger partial charge on any atom is 0.0277 e. The van der Waals surface area contributed by atoms with Crippen molar-refractivity contribution >= 4 is 6.21 Å². The summed E-state index contributed by atoms with van der Waals surface area (Å²) in [5.41, 5.74) is 0. The summed E-state index contributed by atoms with van der Waals surface area (Å²) in [5, 5.41) is 0. The largest absolute Gasteiger partial charge is 0.383 e. The third kappa shape index (κ3) is 6.95. The van der Waals surface area contributed by atoms with Crippen molar-refractivity contribution in [3.8, 4) is 0 Å². The lowest BCUT2D eigenvalue weighted by molar-refractivity contribution is 0.564. The topological polar surface area (TPSA) is 15.6 Å². The number of rotatable bonds is 3. The van der Waals surface area contributed by atoms with Gasteiger partial charge in [-0.25, -0.2) is 0 Å². The SMILES string of the molecule is CN=C/C=C/C=C/N(C)C. The van der Waals surface area contributed by atoms with Crippen LogP contribution in [0.25, 0.3) is 0 Å². The van der Waals surface area contributed by atoms with E-state index in [0.29, 0.717) is 0 Å². The highest BCUT2D eigenvalue weighted by Crippen LogP contribution is 1.78. The van der Waals surface area contributed by atoms with Crippen LogP contribution in [0.5, 0.6) is 0 Å². The van der Waals surface area contributed by atoms with Crippen molar-refractivity contribution in [3.05, 3.63) is 24.4 Å². The van der Waals surface area contributed by atoms with Gasteiger partial charge in [-0.1, -0.05) is 6.08 Å². The number of hydrogen-bond donors (Lipinski definition) is 0. The molecule has 2 heteroatoms. The summed E-state index contributed by atoms with van der Waals surface area (Å²) >= 11 is 0. The van der Waals surface area contributed by atoms with E-state index in [2.05, 4.69) is 4.99 Å². The molecule has 2 nitrogen and oxygen atoms in total. The fraction of sp³-hybridized carbons (Fsp3) is 0.375. The lowest BCUT2D eigenvalue weighted by Gasteiger charge is -2.00. The lowest BCUT2D eigenvalue weighted by Crippen LogP contribution is -1.99. The summed E-state index contributed by atoms with van der Waals surface area (Å²) in [7, 11) is 5.72. The van der Waals surface area contributed by atoms with Crippen LogP contribution in [-0.4, -0.2) is 32.3 Å². The van der Waals surface area contributed by atoms with Gasteiger partial charge in [0.05, 0.1) is 0 Å². The molecule has 56 valence electrons. The molecule has 0 fully saturated rings. The Morgan fingerprint density at radius 2 is 1.80 bits per heavy atom. The maximum absolute atomic E-state index is 3.79. The first-order valence-electron chi connectivity index (χ1n) is 3.19. The van der Waals surface area contributed by atoms with Crippen molar-refractivity contribution in [1.29, 1.82) is 0 Å². The molecule has 0 aliphatic rings. The molecule has 0 heterocycles. The van der Waals surface area contributed by atoms with Gasteiger partial charge in [-0.05, 0) is 18.4 Å². The van der Waals surface area contributed by atoms with Crippen LogP contribution in [0.15, 0.2) is 29.4 Å². The first-order chi connectivity index (χ1) is 4.77. The molecule has 0 bridgehead atoms. The Morgan fingerprint density at radius 1 is 1.10 bits per heavy atom. The highest BCUT2D eigenvalue weighted by Gasteiger charge is 1.69. The molecule has 0 radical (unpaired) electrons. The normalized spacial score (nSPS) is 12.3. The second-order valence-corrected chi connectivity index (χ2v) is 2.10. The van der Waals surface area contributed by atoms with Gasteiger partial charge in [-0.3, -0.25) is 4.99 Å². The molecule has 0 N–H and O–H groups in total. The van der Waals surface area contributed by atoms with Gasteiger partial charge in [-0.2, -0.15) is 0 Å². The highest BCUT2D eigenvalue weighted by molar-refractivity contribution is 5.71. The second kappa shape index (κ2) is 6.08. The summed E-state index contributed by atoms with van der Waals surface area (Å²) < 4.78 is 0. The highest BCUT2D eigenvalue weighted by atomic mass is 15.0. The van der Waals surface area contributed by atoms with E-state index < -0.39 is 0 Å². The first-order valence-corrected chi connectivity index (χ1v) is 3.19. The molecule has 0 aromatic rings. The van der Waals surface area contributed by atoms with Gasteiger partial charge in [0, 0.05) is 27.4 Å². The van der Waals surface area contributed by atoms with Gasteiger partial charge < -0.3 is 4.90 Å². The molecule has 0 aliphatic carbocycles. The molecule has 0 aromatic heterocycles. The Morgan fingerprint density at radius 3 is 2.30 bits per heavy atom. The molecule has 0 amide bonds. The van der Waals surface area contributed by atoms with Crippen LogP contribution < -0.4 is 0 Å². The minimum atomic E-state index is 1.75. The third-order valence-electron chi connectivity index (χ3n) is 0.842. The van der Waals surface area contributed by atoms with E-state index in [-0.39, 0.29) is 0 Å². The molecule has 0 spiro atoms. The van der Waals surface area contributed by atoms with E-state index in [1.54, 1.807) is 13.3 Å². The molecule has 0 rings (SSSR count). The smallest absolute Gasteiger partial charge is 0.0277 e. The number of hydrogen-bond acceptors (Lipinski definition) is 2. The number of aliphatic imine (C=N–C) groups is 1. The van der Waals surface area contributed by atoms with Crippen molar-refractivity contribution in [1.82, 2.24) is 4.90 Å². The van der Waals surface area contributed by atoms with Gasteiger partial charge in [0.1, 0.15) is 0 Å². The van der Waals surface area contributed by atoms with Crippen molar-refractivity contribution in [2.45, 2.75) is 0 Å². The van der Waals surface area contributed by atoms with E-state index >= 15 is 0 Å². The van der Waals surface area contributed by atoms with Gasteiger partial charge in [0.25, 0.3) is 0 Å². The minimum Gasteiger partial charge on any atom is -0.383 e. The monoisotopic (exact) mass is 138 g/mol. The molecule has 0 aliphatic heterocycles. The summed E-state index contributed by atoms with van der Waals surface area (Å²) in [4.78, 5) is 5.77. The molecule has 0 saturated heterocycles. The molecule has 0 atom stereocenters. The molecular weight excluding hydrogens is 124 g/mol. The van der Waals surface area contributed by atoms with E-state index in [9.17, 15) is 0 Å². The van der Waals surface area contributed by atoms with Crippen LogP contribution in [0.1, 0.15) is 0 Å². The number of nitrogens with zero attached hydrogens (tertiary/aromatic N) is 2. The van der Waals surface area contributed by atoms with Crippen molar-refractivity contribution in [2.24, 2.45) is 4.99 Å². The van der Waals surface area contributed by atoms with Crippen molar-refractivity contribution in [3.63, 3.8) is 0 Å². The van der Waals surface area contributed by atoms with Crippen molar-refractivity contribution < 1.29 is 0 Å². The Bertz CT molecular complexity index is 143. The molecule has 10 heavy (non-hydrogen) atoms. The zero-order valence-electron chi connectivity index (χ0n) is 6.78. The molecule has 0 unspecified atom stereocenters. The zero-order valence-corrected chi connectivity index (χ0v) is 6.78.